The maximum absolute atomic E-state index is 12.2. The molecule has 0 N–H and O–H groups in total. The van der Waals surface area contributed by atoms with Crippen LogP contribution in [0, 0.1) is 0 Å². The molecule has 0 fully saturated rings. The van der Waals surface area contributed by atoms with Gasteiger partial charge in [-0.05, 0) is 6.42 Å². The van der Waals surface area contributed by atoms with Gasteiger partial charge in [-0.2, -0.15) is 0 Å². The highest BCUT2D eigenvalue weighted by Gasteiger charge is 2.02. The zero-order chi connectivity index (χ0) is 6.41. The molecule has 0 aliphatic carbocycles. The first-order chi connectivity index (χ1) is 3.81. The average molecular weight is 122 g/mol. The topological polar surface area (TPSA) is 0 Å². The minimum Gasteiger partial charge on any atom is -0.251 e. The molecule has 0 nitrogen and oxygen atoms in total. The van der Waals surface area contributed by atoms with Gasteiger partial charge in [0.25, 0.3) is 0 Å². The van der Waals surface area contributed by atoms with Crippen molar-refractivity contribution in [1.29, 1.82) is 0 Å². The van der Waals surface area contributed by atoms with Crippen molar-refractivity contribution in [1.82, 2.24) is 0 Å². The summed E-state index contributed by atoms with van der Waals surface area (Å²) in [6.07, 6.45) is 0.476. The molecule has 0 amide bonds. The lowest BCUT2D eigenvalue weighted by Crippen LogP contribution is -1.99. The molecule has 0 rings (SSSR count). The van der Waals surface area contributed by atoms with Crippen molar-refractivity contribution in [3.8, 4) is 0 Å². The second-order valence-electron chi connectivity index (χ2n) is 1.86. The lowest BCUT2D eigenvalue weighted by molar-refractivity contribution is 0.267. The van der Waals surface area contributed by atoms with Gasteiger partial charge in [0.2, 0.25) is 0 Å². The molecule has 50 valence electrons. The van der Waals surface area contributed by atoms with Crippen molar-refractivity contribution in [2.24, 2.45) is 0 Å². The van der Waals surface area contributed by atoms with Crippen LogP contribution < -0.4 is 0 Å². The Bertz CT molecular complexity index is 39.8. The second kappa shape index (κ2) is 5.01. The van der Waals surface area contributed by atoms with E-state index in [-0.39, 0.29) is 6.42 Å². The molecule has 0 bridgehead atoms. The van der Waals surface area contributed by atoms with Gasteiger partial charge in [-0.3, -0.25) is 4.39 Å². The molecule has 0 unspecified atom stereocenters. The highest BCUT2D eigenvalue weighted by Crippen LogP contribution is 2.05. The Morgan fingerprint density at radius 2 is 2.00 bits per heavy atom. The maximum Gasteiger partial charge on any atom is 0.103 e. The molecule has 0 spiro atoms. The van der Waals surface area contributed by atoms with E-state index in [1.54, 1.807) is 0 Å². The zero-order valence-electron chi connectivity index (χ0n) is 5.16. The summed E-state index contributed by atoms with van der Waals surface area (Å²) in [5.74, 6) is 0. The standard InChI is InChI=1S/C6H12F2/c1-2-3-6(8)4-5-7/h6H,2-5H2,1H3/t6-/m0/s1. The Morgan fingerprint density at radius 3 is 2.38 bits per heavy atom. The number of hydrogen-bond acceptors (Lipinski definition) is 0. The Kier molecular flexibility index (Phi) is 4.92. The zero-order valence-corrected chi connectivity index (χ0v) is 5.16. The van der Waals surface area contributed by atoms with Gasteiger partial charge in [-0.25, -0.2) is 4.39 Å². The van der Waals surface area contributed by atoms with Gasteiger partial charge in [0.15, 0.2) is 0 Å². The summed E-state index contributed by atoms with van der Waals surface area (Å²) in [5.41, 5.74) is 0. The summed E-state index contributed by atoms with van der Waals surface area (Å²) in [4.78, 5) is 0. The molecular formula is C6H12F2. The fourth-order valence-electron chi connectivity index (χ4n) is 0.576. The Hall–Kier alpha value is -0.140. The summed E-state index contributed by atoms with van der Waals surface area (Å²) in [6, 6.07) is 0. The van der Waals surface area contributed by atoms with Crippen LogP contribution in [0.4, 0.5) is 8.78 Å². The van der Waals surface area contributed by atoms with Crippen LogP contribution in [-0.2, 0) is 0 Å². The van der Waals surface area contributed by atoms with E-state index in [1.807, 2.05) is 6.92 Å². The normalized spacial score (nSPS) is 13.9. The van der Waals surface area contributed by atoms with E-state index in [9.17, 15) is 8.78 Å². The fourth-order valence-corrected chi connectivity index (χ4v) is 0.576. The van der Waals surface area contributed by atoms with Crippen molar-refractivity contribution in [3.05, 3.63) is 0 Å². The highest BCUT2D eigenvalue weighted by molar-refractivity contribution is 4.52. The van der Waals surface area contributed by atoms with Crippen LogP contribution in [0.3, 0.4) is 0 Å². The molecule has 0 aromatic carbocycles. The summed E-state index contributed by atoms with van der Waals surface area (Å²) in [7, 11) is 0. The minimum atomic E-state index is -0.912. The summed E-state index contributed by atoms with van der Waals surface area (Å²) in [6.45, 7) is 1.37. The van der Waals surface area contributed by atoms with Gasteiger partial charge >= 0.3 is 0 Å². The van der Waals surface area contributed by atoms with Crippen molar-refractivity contribution in [3.63, 3.8) is 0 Å². The number of halogens is 2. The van der Waals surface area contributed by atoms with Crippen molar-refractivity contribution >= 4 is 0 Å². The average Bonchev–Trinajstić information content (AvgIpc) is 1.68. The Balaban J connectivity index is 2.92. The van der Waals surface area contributed by atoms with Crippen LogP contribution in [0.2, 0.25) is 0 Å². The van der Waals surface area contributed by atoms with Crippen molar-refractivity contribution in [2.45, 2.75) is 32.4 Å². The molecule has 0 heterocycles. The molecule has 0 aromatic heterocycles. The van der Waals surface area contributed by atoms with Crippen LogP contribution in [0.15, 0.2) is 0 Å². The fraction of sp³-hybridized carbons (Fsp3) is 1.00. The predicted molar refractivity (Wildman–Crippen MR) is 30.4 cm³/mol. The Labute approximate surface area is 48.9 Å². The van der Waals surface area contributed by atoms with Gasteiger partial charge in [-0.1, -0.05) is 13.3 Å². The SMILES string of the molecule is CCC[C@H](F)CCF. The van der Waals surface area contributed by atoms with E-state index < -0.39 is 12.8 Å². The van der Waals surface area contributed by atoms with Gasteiger partial charge in [0.1, 0.15) is 6.17 Å². The maximum atomic E-state index is 12.2. The first kappa shape index (κ1) is 7.86. The van der Waals surface area contributed by atoms with Gasteiger partial charge < -0.3 is 0 Å². The molecule has 0 saturated carbocycles. The number of alkyl halides is 2. The third-order valence-electron chi connectivity index (χ3n) is 1.02. The van der Waals surface area contributed by atoms with E-state index >= 15 is 0 Å². The van der Waals surface area contributed by atoms with Gasteiger partial charge in [0.05, 0.1) is 6.67 Å². The van der Waals surface area contributed by atoms with Gasteiger partial charge in [0, 0.05) is 6.42 Å². The van der Waals surface area contributed by atoms with E-state index in [0.29, 0.717) is 6.42 Å². The highest BCUT2D eigenvalue weighted by atomic mass is 19.1. The van der Waals surface area contributed by atoms with E-state index in [2.05, 4.69) is 0 Å². The van der Waals surface area contributed by atoms with Crippen LogP contribution >= 0.6 is 0 Å². The lowest BCUT2D eigenvalue weighted by atomic mass is 10.2. The Morgan fingerprint density at radius 1 is 1.38 bits per heavy atom. The van der Waals surface area contributed by atoms with Crippen LogP contribution in [0.25, 0.3) is 0 Å². The molecule has 0 aromatic rings. The van der Waals surface area contributed by atoms with E-state index in [0.717, 1.165) is 6.42 Å². The second-order valence-corrected chi connectivity index (χ2v) is 1.86. The number of hydrogen-bond donors (Lipinski definition) is 0. The minimum absolute atomic E-state index is 0.0772. The quantitative estimate of drug-likeness (QED) is 0.537. The summed E-state index contributed by atoms with van der Waals surface area (Å²) >= 11 is 0. The first-order valence-corrected chi connectivity index (χ1v) is 3.01. The van der Waals surface area contributed by atoms with Crippen LogP contribution in [0.1, 0.15) is 26.2 Å². The first-order valence-electron chi connectivity index (χ1n) is 3.01. The third-order valence-corrected chi connectivity index (χ3v) is 1.02. The lowest BCUT2D eigenvalue weighted by Gasteiger charge is -2.00. The largest absolute Gasteiger partial charge is 0.251 e. The molecule has 0 saturated heterocycles. The van der Waals surface area contributed by atoms with Crippen molar-refractivity contribution in [2.75, 3.05) is 6.67 Å². The molecule has 8 heavy (non-hydrogen) atoms. The summed E-state index contributed by atoms with van der Waals surface area (Å²) in [5, 5.41) is 0. The smallest absolute Gasteiger partial charge is 0.103 e. The van der Waals surface area contributed by atoms with Gasteiger partial charge in [-0.15, -0.1) is 0 Å². The monoisotopic (exact) mass is 122 g/mol. The van der Waals surface area contributed by atoms with E-state index in [1.165, 1.54) is 0 Å². The molecule has 0 aliphatic rings. The molecule has 0 radical (unpaired) electrons. The molecule has 2 heteroatoms. The number of rotatable bonds is 4. The summed E-state index contributed by atoms with van der Waals surface area (Å²) < 4.78 is 23.5. The molecule has 0 aliphatic heterocycles. The van der Waals surface area contributed by atoms with Crippen LogP contribution in [0.5, 0.6) is 0 Å². The third kappa shape index (κ3) is 4.03. The predicted octanol–water partition coefficient (Wildman–Crippen LogP) is 2.48. The molecular weight excluding hydrogens is 110 g/mol. The van der Waals surface area contributed by atoms with Crippen molar-refractivity contribution < 1.29 is 8.78 Å². The van der Waals surface area contributed by atoms with Crippen LogP contribution in [-0.4, -0.2) is 12.8 Å². The molecule has 1 atom stereocenters. The van der Waals surface area contributed by atoms with E-state index in [4.69, 9.17) is 0 Å².